The predicted octanol–water partition coefficient (Wildman–Crippen LogP) is 4.56. The summed E-state index contributed by atoms with van der Waals surface area (Å²) in [6.07, 6.45) is 10.8. The molecule has 3 heteroatoms. The maximum absolute atomic E-state index is 5.72. The minimum absolute atomic E-state index is 0.315. The van der Waals surface area contributed by atoms with Crippen molar-refractivity contribution in [1.29, 1.82) is 0 Å². The zero-order chi connectivity index (χ0) is 13.1. The van der Waals surface area contributed by atoms with Gasteiger partial charge in [-0.05, 0) is 12.8 Å². The second-order valence-corrected chi connectivity index (χ2v) is 6.67. The molecule has 18 heavy (non-hydrogen) atoms. The molecule has 0 atom stereocenters. The number of alkyl halides is 1. The first-order valence-electron chi connectivity index (χ1n) is 7.48. The van der Waals surface area contributed by atoms with Crippen LogP contribution in [0.2, 0.25) is 0 Å². The van der Waals surface area contributed by atoms with Gasteiger partial charge in [-0.2, -0.15) is 0 Å². The predicted molar refractivity (Wildman–Crippen MR) is 80.5 cm³/mol. The van der Waals surface area contributed by atoms with Crippen LogP contribution in [0, 0.1) is 5.41 Å². The van der Waals surface area contributed by atoms with Crippen molar-refractivity contribution in [2.75, 3.05) is 31.8 Å². The monoisotopic (exact) mass is 320 g/mol. The molecular formula is C15H29BrO2. The van der Waals surface area contributed by atoms with Crippen molar-refractivity contribution in [3.63, 3.8) is 0 Å². The van der Waals surface area contributed by atoms with E-state index in [-0.39, 0.29) is 0 Å². The fraction of sp³-hybridized carbons (Fsp3) is 1.00. The number of unbranched alkanes of at least 4 members (excludes halogenated alkanes) is 7. The van der Waals surface area contributed by atoms with Crippen molar-refractivity contribution in [2.24, 2.45) is 5.41 Å². The molecular weight excluding hydrogens is 292 g/mol. The van der Waals surface area contributed by atoms with Crippen LogP contribution in [0.15, 0.2) is 0 Å². The van der Waals surface area contributed by atoms with Crippen LogP contribution in [0.25, 0.3) is 0 Å². The summed E-state index contributed by atoms with van der Waals surface area (Å²) in [6, 6.07) is 0. The van der Waals surface area contributed by atoms with Crippen LogP contribution in [0.1, 0.15) is 58.3 Å². The molecule has 1 aliphatic rings. The summed E-state index contributed by atoms with van der Waals surface area (Å²) in [5, 5.41) is 1.16. The van der Waals surface area contributed by atoms with E-state index in [1.54, 1.807) is 0 Å². The number of hydrogen-bond acceptors (Lipinski definition) is 2. The van der Waals surface area contributed by atoms with Gasteiger partial charge < -0.3 is 9.47 Å². The van der Waals surface area contributed by atoms with Crippen LogP contribution in [-0.2, 0) is 9.47 Å². The van der Waals surface area contributed by atoms with Gasteiger partial charge in [0.1, 0.15) is 0 Å². The number of hydrogen-bond donors (Lipinski definition) is 0. The first kappa shape index (κ1) is 16.5. The van der Waals surface area contributed by atoms with Crippen molar-refractivity contribution in [3.05, 3.63) is 0 Å². The van der Waals surface area contributed by atoms with Crippen LogP contribution < -0.4 is 0 Å². The van der Waals surface area contributed by atoms with E-state index in [2.05, 4.69) is 22.9 Å². The number of ether oxygens (including phenoxy) is 2. The highest BCUT2D eigenvalue weighted by atomic mass is 79.9. The van der Waals surface area contributed by atoms with Gasteiger partial charge in [-0.25, -0.2) is 0 Å². The Hall–Kier alpha value is 0.400. The van der Waals surface area contributed by atoms with E-state index in [1.807, 2.05) is 0 Å². The van der Waals surface area contributed by atoms with Gasteiger partial charge in [0.2, 0.25) is 0 Å². The highest BCUT2D eigenvalue weighted by molar-refractivity contribution is 9.09. The van der Waals surface area contributed by atoms with Gasteiger partial charge in [0.05, 0.1) is 19.8 Å². The lowest BCUT2D eigenvalue weighted by molar-refractivity contribution is -0.137. The highest BCUT2D eigenvalue weighted by Crippen LogP contribution is 2.26. The third-order valence-corrected chi connectivity index (χ3v) is 4.08. The third-order valence-electron chi connectivity index (χ3n) is 3.52. The molecule has 1 fully saturated rings. The molecule has 1 rings (SSSR count). The molecule has 0 unspecified atom stereocenters. The van der Waals surface area contributed by atoms with E-state index in [9.17, 15) is 0 Å². The lowest BCUT2D eigenvalue weighted by Crippen LogP contribution is -2.43. The van der Waals surface area contributed by atoms with E-state index < -0.39 is 0 Å². The molecule has 2 nitrogen and oxygen atoms in total. The second kappa shape index (κ2) is 10.2. The lowest BCUT2D eigenvalue weighted by atomic mass is 9.90. The van der Waals surface area contributed by atoms with Crippen LogP contribution in [0.3, 0.4) is 0 Å². The van der Waals surface area contributed by atoms with E-state index >= 15 is 0 Å². The molecule has 1 aliphatic heterocycles. The molecule has 108 valence electrons. The minimum atomic E-state index is 0.315. The smallest absolute Gasteiger partial charge is 0.0564 e. The van der Waals surface area contributed by atoms with Gasteiger partial charge in [-0.1, -0.05) is 61.4 Å². The summed E-state index contributed by atoms with van der Waals surface area (Å²) >= 11 is 3.47. The van der Waals surface area contributed by atoms with Crippen molar-refractivity contribution in [1.82, 2.24) is 0 Å². The van der Waals surface area contributed by atoms with E-state index in [4.69, 9.17) is 9.47 Å². The van der Waals surface area contributed by atoms with Gasteiger partial charge in [-0.15, -0.1) is 0 Å². The van der Waals surface area contributed by atoms with Crippen LogP contribution in [0.4, 0.5) is 0 Å². The van der Waals surface area contributed by atoms with Gasteiger partial charge >= 0.3 is 0 Å². The fourth-order valence-corrected chi connectivity index (χ4v) is 2.61. The second-order valence-electron chi connectivity index (χ2n) is 5.87. The van der Waals surface area contributed by atoms with Gasteiger partial charge in [0.15, 0.2) is 0 Å². The molecule has 0 aromatic rings. The molecule has 0 N–H and O–H groups in total. The molecule has 0 spiro atoms. The third kappa shape index (κ3) is 7.75. The Labute approximate surface area is 121 Å². The Morgan fingerprint density at radius 3 is 2.00 bits per heavy atom. The van der Waals surface area contributed by atoms with Gasteiger partial charge in [0.25, 0.3) is 0 Å². The molecule has 0 aliphatic carbocycles. The molecule has 0 amide bonds. The molecule has 0 saturated carbocycles. The standard InChI is InChI=1S/C15H29BrO2/c1-15(13-18-14-15)12-17-11-9-7-5-3-2-4-6-8-10-16/h2-14H2,1H3. The molecule has 0 aromatic heterocycles. The molecule has 1 saturated heterocycles. The summed E-state index contributed by atoms with van der Waals surface area (Å²) in [4.78, 5) is 0. The van der Waals surface area contributed by atoms with Crippen molar-refractivity contribution in [3.8, 4) is 0 Å². The van der Waals surface area contributed by atoms with Gasteiger partial charge in [-0.3, -0.25) is 0 Å². The Morgan fingerprint density at radius 2 is 1.50 bits per heavy atom. The largest absolute Gasteiger partial charge is 0.381 e. The summed E-state index contributed by atoms with van der Waals surface area (Å²) in [5.74, 6) is 0. The fourth-order valence-electron chi connectivity index (χ4n) is 2.21. The first-order valence-corrected chi connectivity index (χ1v) is 8.60. The molecule has 0 radical (unpaired) electrons. The zero-order valence-electron chi connectivity index (χ0n) is 11.9. The van der Waals surface area contributed by atoms with E-state index in [1.165, 1.54) is 51.4 Å². The number of rotatable bonds is 12. The summed E-state index contributed by atoms with van der Waals surface area (Å²) in [7, 11) is 0. The zero-order valence-corrected chi connectivity index (χ0v) is 13.5. The Kier molecular flexibility index (Phi) is 9.34. The Bertz CT molecular complexity index is 193. The van der Waals surface area contributed by atoms with Crippen LogP contribution in [0.5, 0.6) is 0 Å². The van der Waals surface area contributed by atoms with Crippen molar-refractivity contribution < 1.29 is 9.47 Å². The SMILES string of the molecule is CC1(COCCCCCCCCCCBr)COC1. The molecule has 1 heterocycles. The molecule has 0 aromatic carbocycles. The van der Waals surface area contributed by atoms with Crippen molar-refractivity contribution in [2.45, 2.75) is 58.3 Å². The summed E-state index contributed by atoms with van der Waals surface area (Å²) in [6.45, 7) is 5.80. The van der Waals surface area contributed by atoms with E-state index in [0.29, 0.717) is 5.41 Å². The van der Waals surface area contributed by atoms with E-state index in [0.717, 1.165) is 31.8 Å². The minimum Gasteiger partial charge on any atom is -0.381 e. The van der Waals surface area contributed by atoms with Crippen LogP contribution >= 0.6 is 15.9 Å². The number of halogens is 1. The first-order chi connectivity index (χ1) is 8.77. The van der Waals surface area contributed by atoms with Crippen molar-refractivity contribution >= 4 is 15.9 Å². The summed E-state index contributed by atoms with van der Waals surface area (Å²) < 4.78 is 10.9. The quantitative estimate of drug-likeness (QED) is 0.388. The average Bonchev–Trinajstić information content (AvgIpc) is 2.34. The average molecular weight is 321 g/mol. The lowest BCUT2D eigenvalue weighted by Gasteiger charge is -2.37. The van der Waals surface area contributed by atoms with Crippen LogP contribution in [-0.4, -0.2) is 31.8 Å². The Morgan fingerprint density at radius 1 is 0.944 bits per heavy atom. The Balaban J connectivity index is 1.71. The normalized spacial score (nSPS) is 17.7. The maximum Gasteiger partial charge on any atom is 0.0564 e. The maximum atomic E-state index is 5.72. The molecule has 0 bridgehead atoms. The highest BCUT2D eigenvalue weighted by Gasteiger charge is 2.33. The van der Waals surface area contributed by atoms with Gasteiger partial charge in [0, 0.05) is 17.4 Å². The topological polar surface area (TPSA) is 18.5 Å². The summed E-state index contributed by atoms with van der Waals surface area (Å²) in [5.41, 5.74) is 0.315.